The van der Waals surface area contributed by atoms with Crippen LogP contribution in [-0.4, -0.2) is 56.9 Å². The summed E-state index contributed by atoms with van der Waals surface area (Å²) in [5, 5.41) is 9.59. The minimum atomic E-state index is -0.789. The van der Waals surface area contributed by atoms with Crippen molar-refractivity contribution in [2.75, 3.05) is 41.0 Å². The lowest BCUT2D eigenvalue weighted by atomic mass is 9.76. The highest BCUT2D eigenvalue weighted by Gasteiger charge is 2.43. The Morgan fingerprint density at radius 1 is 1.10 bits per heavy atom. The van der Waals surface area contributed by atoms with Crippen molar-refractivity contribution in [3.8, 4) is 17.2 Å². The molecule has 1 aliphatic heterocycles. The van der Waals surface area contributed by atoms with E-state index in [4.69, 9.17) is 14.2 Å². The first kappa shape index (κ1) is 21.8. The zero-order chi connectivity index (χ0) is 21.9. The molecule has 2 aromatic carbocycles. The summed E-state index contributed by atoms with van der Waals surface area (Å²) in [4.78, 5) is 14.8. The van der Waals surface area contributed by atoms with Crippen molar-refractivity contribution in [3.05, 3.63) is 53.1 Å². The van der Waals surface area contributed by atoms with Gasteiger partial charge in [-0.2, -0.15) is 0 Å². The Labute approximate surface area is 174 Å². The fourth-order valence-electron chi connectivity index (χ4n) is 4.13. The summed E-state index contributed by atoms with van der Waals surface area (Å²) in [6.45, 7) is 0.390. The van der Waals surface area contributed by atoms with Crippen molar-refractivity contribution in [1.29, 1.82) is 0 Å². The van der Waals surface area contributed by atoms with Crippen molar-refractivity contribution in [1.82, 2.24) is 4.90 Å². The SMILES string of the molecule is COc1cc(C(=O)N2CCC(CCO)(c3ccc(F)cc3F)C2)cc(OC)c1OC. The zero-order valence-corrected chi connectivity index (χ0v) is 17.2. The quantitative estimate of drug-likeness (QED) is 0.744. The molecule has 6 nitrogen and oxygen atoms in total. The maximum absolute atomic E-state index is 14.5. The van der Waals surface area contributed by atoms with E-state index in [1.807, 2.05) is 0 Å². The van der Waals surface area contributed by atoms with Crippen LogP contribution in [0.4, 0.5) is 8.78 Å². The van der Waals surface area contributed by atoms with Crippen LogP contribution in [0, 0.1) is 11.6 Å². The molecular formula is C22H25F2NO5. The normalized spacial score (nSPS) is 18.4. The van der Waals surface area contributed by atoms with Gasteiger partial charge in [0.05, 0.1) is 21.3 Å². The molecule has 0 spiro atoms. The van der Waals surface area contributed by atoms with Crippen LogP contribution < -0.4 is 14.2 Å². The van der Waals surface area contributed by atoms with Gasteiger partial charge in [-0.1, -0.05) is 6.07 Å². The van der Waals surface area contributed by atoms with Crippen LogP contribution in [0.3, 0.4) is 0 Å². The Morgan fingerprint density at radius 2 is 1.77 bits per heavy atom. The van der Waals surface area contributed by atoms with Crippen molar-refractivity contribution in [2.24, 2.45) is 0 Å². The van der Waals surface area contributed by atoms with Crippen LogP contribution in [0.1, 0.15) is 28.8 Å². The number of nitrogens with zero attached hydrogens (tertiary/aromatic N) is 1. The molecule has 30 heavy (non-hydrogen) atoms. The fourth-order valence-corrected chi connectivity index (χ4v) is 4.13. The summed E-state index contributed by atoms with van der Waals surface area (Å²) >= 11 is 0. The Balaban J connectivity index is 1.93. The summed E-state index contributed by atoms with van der Waals surface area (Å²) in [5.74, 6) is -0.543. The summed E-state index contributed by atoms with van der Waals surface area (Å²) in [5.41, 5.74) is -0.148. The highest BCUT2D eigenvalue weighted by atomic mass is 19.1. The Morgan fingerprint density at radius 3 is 2.30 bits per heavy atom. The largest absolute Gasteiger partial charge is 0.493 e. The van der Waals surface area contributed by atoms with Crippen LogP contribution in [0.25, 0.3) is 0 Å². The standard InChI is InChI=1S/C22H25F2NO5/c1-28-18-10-14(11-19(29-2)20(18)30-3)21(27)25-8-6-22(13-25,7-9-26)16-5-4-15(23)12-17(16)24/h4-5,10-12,26H,6-9,13H2,1-3H3. The number of benzene rings is 2. The van der Waals surface area contributed by atoms with Gasteiger partial charge in [0.15, 0.2) is 11.5 Å². The van der Waals surface area contributed by atoms with E-state index in [9.17, 15) is 18.7 Å². The molecule has 1 atom stereocenters. The molecule has 3 rings (SSSR count). The molecule has 0 saturated carbocycles. The van der Waals surface area contributed by atoms with Crippen LogP contribution in [0.2, 0.25) is 0 Å². The first-order valence-electron chi connectivity index (χ1n) is 9.54. The molecule has 0 aliphatic carbocycles. The number of likely N-dealkylation sites (tertiary alicyclic amines) is 1. The van der Waals surface area contributed by atoms with Gasteiger partial charge in [-0.15, -0.1) is 0 Å². The molecule has 0 aromatic heterocycles. The Kier molecular flexibility index (Phi) is 6.45. The highest BCUT2D eigenvalue weighted by Crippen LogP contribution is 2.41. The maximum atomic E-state index is 14.5. The van der Waals surface area contributed by atoms with Crippen LogP contribution in [0.15, 0.2) is 30.3 Å². The second kappa shape index (κ2) is 8.87. The number of hydrogen-bond acceptors (Lipinski definition) is 5. The molecule has 2 aromatic rings. The number of aliphatic hydroxyl groups is 1. The van der Waals surface area contributed by atoms with E-state index in [1.165, 1.54) is 33.5 Å². The lowest BCUT2D eigenvalue weighted by Crippen LogP contribution is -2.36. The summed E-state index contributed by atoms with van der Waals surface area (Å²) in [6, 6.07) is 6.55. The first-order valence-corrected chi connectivity index (χ1v) is 9.54. The molecule has 1 heterocycles. The van der Waals surface area contributed by atoms with E-state index in [-0.39, 0.29) is 25.5 Å². The predicted octanol–water partition coefficient (Wildman–Crippen LogP) is 3.16. The predicted molar refractivity (Wildman–Crippen MR) is 106 cm³/mol. The highest BCUT2D eigenvalue weighted by molar-refractivity contribution is 5.96. The van der Waals surface area contributed by atoms with Gasteiger partial charge in [0.2, 0.25) is 5.75 Å². The van der Waals surface area contributed by atoms with Crippen molar-refractivity contribution < 1.29 is 32.9 Å². The number of hydrogen-bond donors (Lipinski definition) is 1. The third-order valence-corrected chi connectivity index (χ3v) is 5.65. The van der Waals surface area contributed by atoms with E-state index < -0.39 is 17.0 Å². The van der Waals surface area contributed by atoms with E-state index in [0.717, 1.165) is 6.07 Å². The maximum Gasteiger partial charge on any atom is 0.254 e. The molecule has 1 unspecified atom stereocenters. The van der Waals surface area contributed by atoms with Gasteiger partial charge in [-0.3, -0.25) is 4.79 Å². The number of carbonyl (C=O) groups excluding carboxylic acids is 1. The Hall–Kier alpha value is -2.87. The van der Waals surface area contributed by atoms with Gasteiger partial charge in [0.25, 0.3) is 5.91 Å². The molecule has 1 saturated heterocycles. The number of rotatable bonds is 7. The fraction of sp³-hybridized carbons (Fsp3) is 0.409. The second-order valence-corrected chi connectivity index (χ2v) is 7.27. The molecule has 1 aliphatic rings. The molecule has 1 fully saturated rings. The van der Waals surface area contributed by atoms with Gasteiger partial charge in [-0.25, -0.2) is 8.78 Å². The lowest BCUT2D eigenvalue weighted by molar-refractivity contribution is 0.0778. The van der Waals surface area contributed by atoms with Gasteiger partial charge in [0.1, 0.15) is 11.6 Å². The monoisotopic (exact) mass is 421 g/mol. The van der Waals surface area contributed by atoms with E-state index >= 15 is 0 Å². The number of methoxy groups -OCH3 is 3. The van der Waals surface area contributed by atoms with E-state index in [1.54, 1.807) is 17.0 Å². The summed E-state index contributed by atoms with van der Waals surface area (Å²) < 4.78 is 43.8. The number of halogens is 2. The zero-order valence-electron chi connectivity index (χ0n) is 17.2. The molecule has 162 valence electrons. The number of ether oxygens (including phenoxy) is 3. The molecule has 0 radical (unpaired) electrons. The molecular weight excluding hydrogens is 396 g/mol. The molecule has 1 N–H and O–H groups in total. The average Bonchev–Trinajstić information content (AvgIpc) is 3.17. The molecule has 0 bridgehead atoms. The van der Waals surface area contributed by atoms with Crippen molar-refractivity contribution >= 4 is 5.91 Å². The average molecular weight is 421 g/mol. The minimum Gasteiger partial charge on any atom is -0.493 e. The van der Waals surface area contributed by atoms with Gasteiger partial charge in [0, 0.05) is 36.7 Å². The van der Waals surface area contributed by atoms with Crippen LogP contribution in [0.5, 0.6) is 17.2 Å². The number of aliphatic hydroxyl groups excluding tert-OH is 1. The smallest absolute Gasteiger partial charge is 0.254 e. The van der Waals surface area contributed by atoms with Crippen LogP contribution in [-0.2, 0) is 5.41 Å². The summed E-state index contributed by atoms with van der Waals surface area (Å²) in [6.07, 6.45) is 0.709. The van der Waals surface area contributed by atoms with Gasteiger partial charge in [-0.05, 0) is 36.6 Å². The minimum absolute atomic E-state index is 0.178. The van der Waals surface area contributed by atoms with E-state index in [0.29, 0.717) is 41.3 Å². The topological polar surface area (TPSA) is 68.2 Å². The third-order valence-electron chi connectivity index (χ3n) is 5.65. The van der Waals surface area contributed by atoms with Crippen molar-refractivity contribution in [2.45, 2.75) is 18.3 Å². The lowest BCUT2D eigenvalue weighted by Gasteiger charge is -2.30. The Bertz CT molecular complexity index is 911. The van der Waals surface area contributed by atoms with Crippen LogP contribution >= 0.6 is 0 Å². The van der Waals surface area contributed by atoms with Crippen molar-refractivity contribution in [3.63, 3.8) is 0 Å². The summed E-state index contributed by atoms with van der Waals surface area (Å²) in [7, 11) is 4.40. The van der Waals surface area contributed by atoms with E-state index in [2.05, 4.69) is 0 Å². The van der Waals surface area contributed by atoms with Gasteiger partial charge < -0.3 is 24.2 Å². The number of carbonyl (C=O) groups is 1. The first-order chi connectivity index (χ1) is 14.4. The third kappa shape index (κ3) is 3.92. The molecule has 1 amide bonds. The van der Waals surface area contributed by atoms with Gasteiger partial charge >= 0.3 is 0 Å². The number of amides is 1. The molecule has 8 heteroatoms. The second-order valence-electron chi connectivity index (χ2n) is 7.27.